The Balaban J connectivity index is 1.87. The zero-order chi connectivity index (χ0) is 15.4. The fourth-order valence-corrected chi connectivity index (χ4v) is 2.27. The third-order valence-electron chi connectivity index (χ3n) is 3.68. The lowest BCUT2D eigenvalue weighted by molar-refractivity contribution is -0.138. The summed E-state index contributed by atoms with van der Waals surface area (Å²) in [5.41, 5.74) is 1.45. The lowest BCUT2D eigenvalue weighted by atomic mass is 9.94. The van der Waals surface area contributed by atoms with Crippen LogP contribution in [-0.4, -0.2) is 50.3 Å². The fraction of sp³-hybridized carbons (Fsp3) is 0.615. The van der Waals surface area contributed by atoms with Crippen molar-refractivity contribution in [2.75, 3.05) is 18.4 Å². The summed E-state index contributed by atoms with van der Waals surface area (Å²) in [6.45, 7) is 4.69. The van der Waals surface area contributed by atoms with E-state index < -0.39 is 5.97 Å². The number of aliphatic carboxylic acids is 1. The van der Waals surface area contributed by atoms with Crippen LogP contribution in [0, 0.1) is 19.8 Å². The lowest BCUT2D eigenvalue weighted by Gasteiger charge is -2.31. The highest BCUT2D eigenvalue weighted by atomic mass is 16.4. The van der Waals surface area contributed by atoms with Gasteiger partial charge < -0.3 is 10.0 Å². The molecule has 1 aromatic rings. The number of hydrogen-bond donors (Lipinski definition) is 2. The smallest absolute Gasteiger partial charge is 0.324 e. The van der Waals surface area contributed by atoms with Crippen LogP contribution in [0.3, 0.4) is 0 Å². The van der Waals surface area contributed by atoms with E-state index in [1.807, 2.05) is 0 Å². The van der Waals surface area contributed by atoms with E-state index in [1.54, 1.807) is 18.7 Å². The summed E-state index contributed by atoms with van der Waals surface area (Å²) in [5, 5.41) is 19.1. The predicted molar refractivity (Wildman–Crippen MR) is 74.9 cm³/mol. The molecule has 0 aliphatic carbocycles. The van der Waals surface area contributed by atoms with E-state index in [0.29, 0.717) is 25.9 Å². The highest BCUT2D eigenvalue weighted by Crippen LogP contribution is 2.20. The molecule has 114 valence electrons. The number of aromatic nitrogens is 3. The van der Waals surface area contributed by atoms with Crippen molar-refractivity contribution in [1.29, 1.82) is 0 Å². The number of aryl methyl sites for hydroxylation is 2. The zero-order valence-electron chi connectivity index (χ0n) is 12.2. The fourth-order valence-electron chi connectivity index (χ4n) is 2.27. The van der Waals surface area contributed by atoms with Gasteiger partial charge >= 0.3 is 12.0 Å². The second-order valence-corrected chi connectivity index (χ2v) is 5.26. The summed E-state index contributed by atoms with van der Waals surface area (Å²) in [7, 11) is 0. The summed E-state index contributed by atoms with van der Waals surface area (Å²) in [6.07, 6.45) is 1.57. The molecule has 0 saturated carbocycles. The standard InChI is InChI=1S/C13H19N5O3/c1-8-9(2)16-17-12(14-8)15-13(21)18-5-3-10(4-6-18)7-11(19)20/h10H,3-7H2,1-2H3,(H,19,20)(H,14,15,17,21). The number of nitrogens with zero attached hydrogens (tertiary/aromatic N) is 4. The number of hydrogen-bond acceptors (Lipinski definition) is 5. The minimum Gasteiger partial charge on any atom is -0.481 e. The second-order valence-electron chi connectivity index (χ2n) is 5.26. The number of carboxylic acids is 1. The largest absolute Gasteiger partial charge is 0.481 e. The molecule has 0 radical (unpaired) electrons. The van der Waals surface area contributed by atoms with Crippen LogP contribution in [0.1, 0.15) is 30.7 Å². The molecule has 0 atom stereocenters. The van der Waals surface area contributed by atoms with Crippen LogP contribution >= 0.6 is 0 Å². The van der Waals surface area contributed by atoms with Crippen LogP contribution in [0.15, 0.2) is 0 Å². The van der Waals surface area contributed by atoms with E-state index in [9.17, 15) is 9.59 Å². The van der Waals surface area contributed by atoms with E-state index >= 15 is 0 Å². The first kappa shape index (κ1) is 15.1. The van der Waals surface area contributed by atoms with Crippen LogP contribution in [0.5, 0.6) is 0 Å². The van der Waals surface area contributed by atoms with Crippen LogP contribution in [-0.2, 0) is 4.79 Å². The number of nitrogens with one attached hydrogen (secondary N) is 1. The van der Waals surface area contributed by atoms with Crippen LogP contribution < -0.4 is 5.32 Å². The topological polar surface area (TPSA) is 108 Å². The van der Waals surface area contributed by atoms with Crippen molar-refractivity contribution < 1.29 is 14.7 Å². The van der Waals surface area contributed by atoms with Crippen LogP contribution in [0.2, 0.25) is 0 Å². The van der Waals surface area contributed by atoms with Gasteiger partial charge in [-0.3, -0.25) is 10.1 Å². The summed E-state index contributed by atoms with van der Waals surface area (Å²) < 4.78 is 0. The van der Waals surface area contributed by atoms with Gasteiger partial charge in [0.05, 0.1) is 11.4 Å². The Morgan fingerprint density at radius 2 is 1.90 bits per heavy atom. The molecule has 1 aliphatic rings. The van der Waals surface area contributed by atoms with E-state index in [-0.39, 0.29) is 24.3 Å². The summed E-state index contributed by atoms with van der Waals surface area (Å²) in [6, 6.07) is -0.270. The minimum atomic E-state index is -0.785. The first-order valence-corrected chi connectivity index (χ1v) is 6.91. The van der Waals surface area contributed by atoms with Crippen LogP contribution in [0.4, 0.5) is 10.7 Å². The van der Waals surface area contributed by atoms with Gasteiger partial charge in [0, 0.05) is 19.5 Å². The Hall–Kier alpha value is -2.25. The molecule has 0 spiro atoms. The van der Waals surface area contributed by atoms with Crippen molar-refractivity contribution in [2.24, 2.45) is 5.92 Å². The molecule has 0 aromatic carbocycles. The average Bonchev–Trinajstić information content (AvgIpc) is 2.43. The number of anilines is 1. The number of carbonyl (C=O) groups excluding carboxylic acids is 1. The Morgan fingerprint density at radius 1 is 1.24 bits per heavy atom. The summed E-state index contributed by atoms with van der Waals surface area (Å²) in [4.78, 5) is 28.6. The molecule has 0 unspecified atom stereocenters. The summed E-state index contributed by atoms with van der Waals surface area (Å²) >= 11 is 0. The Bertz CT molecular complexity index is 541. The maximum absolute atomic E-state index is 12.1. The molecule has 1 aromatic heterocycles. The van der Waals surface area contributed by atoms with Crippen molar-refractivity contribution in [3.8, 4) is 0 Å². The molecule has 8 nitrogen and oxygen atoms in total. The number of likely N-dealkylation sites (tertiary alicyclic amines) is 1. The maximum Gasteiger partial charge on any atom is 0.324 e. The quantitative estimate of drug-likeness (QED) is 0.867. The molecule has 2 N–H and O–H groups in total. The Labute approximate surface area is 122 Å². The number of piperidine rings is 1. The Kier molecular flexibility index (Phi) is 4.66. The van der Waals surface area contributed by atoms with Crippen molar-refractivity contribution in [1.82, 2.24) is 20.1 Å². The molecule has 1 fully saturated rings. The molecular formula is C13H19N5O3. The predicted octanol–water partition coefficient (Wildman–Crippen LogP) is 1.21. The lowest BCUT2D eigenvalue weighted by Crippen LogP contribution is -2.41. The van der Waals surface area contributed by atoms with Gasteiger partial charge in [-0.15, -0.1) is 5.10 Å². The highest BCUT2D eigenvalue weighted by Gasteiger charge is 2.24. The normalized spacial score (nSPS) is 15.8. The van der Waals surface area contributed by atoms with Crippen molar-refractivity contribution in [3.63, 3.8) is 0 Å². The first-order chi connectivity index (χ1) is 9.95. The van der Waals surface area contributed by atoms with Gasteiger partial charge in [-0.1, -0.05) is 0 Å². The van der Waals surface area contributed by atoms with Gasteiger partial charge in [0.2, 0.25) is 0 Å². The molecular weight excluding hydrogens is 274 g/mol. The molecule has 2 amide bonds. The van der Waals surface area contributed by atoms with Gasteiger partial charge in [-0.05, 0) is 32.6 Å². The molecule has 21 heavy (non-hydrogen) atoms. The molecule has 1 aliphatic heterocycles. The number of rotatable bonds is 3. The second kappa shape index (κ2) is 6.47. The molecule has 2 rings (SSSR count). The monoisotopic (exact) mass is 293 g/mol. The number of carbonyl (C=O) groups is 2. The zero-order valence-corrected chi connectivity index (χ0v) is 12.2. The molecule has 8 heteroatoms. The van der Waals surface area contributed by atoms with Crippen molar-refractivity contribution in [3.05, 3.63) is 11.4 Å². The maximum atomic E-state index is 12.1. The van der Waals surface area contributed by atoms with Gasteiger partial charge in [0.25, 0.3) is 5.95 Å². The SMILES string of the molecule is Cc1nnc(NC(=O)N2CCC(CC(=O)O)CC2)nc1C. The van der Waals surface area contributed by atoms with Gasteiger partial charge in [0.15, 0.2) is 0 Å². The number of carboxylic acid groups (broad SMARTS) is 1. The minimum absolute atomic E-state index is 0.145. The number of amides is 2. The van der Waals surface area contributed by atoms with Crippen molar-refractivity contribution >= 4 is 17.9 Å². The van der Waals surface area contributed by atoms with Crippen LogP contribution in [0.25, 0.3) is 0 Å². The van der Waals surface area contributed by atoms with E-state index in [0.717, 1.165) is 11.4 Å². The van der Waals surface area contributed by atoms with E-state index in [1.165, 1.54) is 0 Å². The molecule has 0 bridgehead atoms. The van der Waals surface area contributed by atoms with Gasteiger partial charge in [-0.2, -0.15) is 5.10 Å². The average molecular weight is 293 g/mol. The van der Waals surface area contributed by atoms with Crippen molar-refractivity contribution in [2.45, 2.75) is 33.1 Å². The van der Waals surface area contributed by atoms with E-state index in [4.69, 9.17) is 5.11 Å². The molecule has 2 heterocycles. The first-order valence-electron chi connectivity index (χ1n) is 6.91. The third-order valence-corrected chi connectivity index (χ3v) is 3.68. The van der Waals surface area contributed by atoms with E-state index in [2.05, 4.69) is 20.5 Å². The molecule has 1 saturated heterocycles. The third kappa shape index (κ3) is 4.11. The highest BCUT2D eigenvalue weighted by molar-refractivity contribution is 5.87. The van der Waals surface area contributed by atoms with Gasteiger partial charge in [-0.25, -0.2) is 9.78 Å². The number of urea groups is 1. The van der Waals surface area contributed by atoms with Gasteiger partial charge in [0.1, 0.15) is 0 Å². The summed E-state index contributed by atoms with van der Waals surface area (Å²) in [5.74, 6) is -0.450. The Morgan fingerprint density at radius 3 is 2.48 bits per heavy atom.